The molecule has 8 nitrogen and oxygen atoms in total. The lowest BCUT2D eigenvalue weighted by Crippen LogP contribution is -2.58. The van der Waals surface area contributed by atoms with Gasteiger partial charge in [-0.3, -0.25) is 0 Å². The van der Waals surface area contributed by atoms with Crippen LogP contribution in [-0.2, 0) is 4.74 Å². The number of hydrogen-bond donors (Lipinski definition) is 4. The topological polar surface area (TPSA) is 130 Å². The van der Waals surface area contributed by atoms with Crippen LogP contribution in [0.2, 0.25) is 0 Å². The van der Waals surface area contributed by atoms with Gasteiger partial charge in [0, 0.05) is 17.5 Å². The summed E-state index contributed by atoms with van der Waals surface area (Å²) in [5.74, 6) is -0.333. The van der Waals surface area contributed by atoms with Crippen LogP contribution in [0, 0.1) is 0 Å². The molecular formula is C16H18O8. The van der Waals surface area contributed by atoms with Crippen molar-refractivity contribution in [1.82, 2.24) is 0 Å². The normalized spacial score (nSPS) is 30.4. The largest absolute Gasteiger partial charge is 0.504 e. The van der Waals surface area contributed by atoms with E-state index in [-0.39, 0.29) is 17.1 Å². The van der Waals surface area contributed by atoms with Gasteiger partial charge in [0.25, 0.3) is 0 Å². The first kappa shape index (κ1) is 16.7. The van der Waals surface area contributed by atoms with Gasteiger partial charge in [-0.25, -0.2) is 4.79 Å². The summed E-state index contributed by atoms with van der Waals surface area (Å²) in [6.07, 6.45) is -5.74. The Bertz CT molecular complexity index is 783. The van der Waals surface area contributed by atoms with Gasteiger partial charge in [-0.15, -0.1) is 0 Å². The van der Waals surface area contributed by atoms with E-state index in [0.29, 0.717) is 11.8 Å². The predicted octanol–water partition coefficient (Wildman–Crippen LogP) is 0.0950. The van der Waals surface area contributed by atoms with Crippen molar-refractivity contribution < 1.29 is 34.3 Å². The van der Waals surface area contributed by atoms with Crippen LogP contribution >= 0.6 is 0 Å². The number of phenols is 1. The summed E-state index contributed by atoms with van der Waals surface area (Å²) < 4.78 is 15.9. The number of aliphatic hydroxyl groups is 3. The van der Waals surface area contributed by atoms with Crippen LogP contribution in [0.15, 0.2) is 33.5 Å². The zero-order chi connectivity index (χ0) is 17.4. The van der Waals surface area contributed by atoms with E-state index in [0.717, 1.165) is 0 Å². The number of ether oxygens (including phenoxy) is 2. The molecule has 4 N–H and O–H groups in total. The molecule has 1 aromatic carbocycles. The number of aromatic hydroxyl groups is 1. The average Bonchev–Trinajstić information content (AvgIpc) is 2.56. The molecule has 24 heavy (non-hydrogen) atoms. The van der Waals surface area contributed by atoms with Gasteiger partial charge in [-0.05, 0) is 18.6 Å². The molecule has 130 valence electrons. The number of aliphatic hydroxyl groups excluding tert-OH is 3. The molecule has 0 bridgehead atoms. The maximum atomic E-state index is 11.2. The van der Waals surface area contributed by atoms with Crippen molar-refractivity contribution >= 4 is 11.0 Å². The third-order valence-electron chi connectivity index (χ3n) is 4.01. The molecular weight excluding hydrogens is 320 g/mol. The smallest absolute Gasteiger partial charge is 0.336 e. The number of phenolic OH excluding ortho intramolecular Hbond substituents is 1. The minimum Gasteiger partial charge on any atom is -0.504 e. The van der Waals surface area contributed by atoms with Crippen LogP contribution in [0.25, 0.3) is 11.0 Å². The summed E-state index contributed by atoms with van der Waals surface area (Å²) in [5, 5.41) is 40.3. The van der Waals surface area contributed by atoms with E-state index < -0.39 is 36.3 Å². The van der Waals surface area contributed by atoms with Gasteiger partial charge in [0.15, 0.2) is 11.5 Å². The second-order valence-corrected chi connectivity index (χ2v) is 5.65. The predicted molar refractivity (Wildman–Crippen MR) is 81.7 cm³/mol. The van der Waals surface area contributed by atoms with Gasteiger partial charge >= 0.3 is 5.63 Å². The third kappa shape index (κ3) is 2.96. The first-order valence-electron chi connectivity index (χ1n) is 7.54. The molecule has 5 atom stereocenters. The SMILES string of the molecule is CC[C@H]1O[C@@H](Oc2cc3ccc(=O)oc3cc2O)[C@H](O)[C@@H](O)[C@@H]1O. The van der Waals surface area contributed by atoms with Gasteiger partial charge in [0.1, 0.15) is 23.9 Å². The minimum atomic E-state index is -1.49. The molecule has 3 rings (SSSR count). The van der Waals surface area contributed by atoms with E-state index in [9.17, 15) is 25.2 Å². The molecule has 2 heterocycles. The van der Waals surface area contributed by atoms with Crippen molar-refractivity contribution in [3.05, 3.63) is 34.7 Å². The van der Waals surface area contributed by atoms with E-state index in [4.69, 9.17) is 13.9 Å². The second-order valence-electron chi connectivity index (χ2n) is 5.65. The van der Waals surface area contributed by atoms with Gasteiger partial charge in [-0.1, -0.05) is 6.92 Å². The first-order valence-corrected chi connectivity index (χ1v) is 7.54. The van der Waals surface area contributed by atoms with E-state index in [2.05, 4.69) is 0 Å². The Morgan fingerprint density at radius 1 is 1.12 bits per heavy atom. The molecule has 1 fully saturated rings. The molecule has 0 spiro atoms. The van der Waals surface area contributed by atoms with Crippen molar-refractivity contribution in [2.75, 3.05) is 0 Å². The average molecular weight is 338 g/mol. The van der Waals surface area contributed by atoms with Gasteiger partial charge < -0.3 is 34.3 Å². The molecule has 1 aromatic heterocycles. The maximum Gasteiger partial charge on any atom is 0.336 e. The van der Waals surface area contributed by atoms with E-state index in [1.807, 2.05) is 0 Å². The fraction of sp³-hybridized carbons (Fsp3) is 0.438. The molecule has 2 aromatic rings. The Kier molecular flexibility index (Phi) is 4.46. The quantitative estimate of drug-likeness (QED) is 0.580. The zero-order valence-electron chi connectivity index (χ0n) is 12.8. The molecule has 8 heteroatoms. The first-order chi connectivity index (χ1) is 11.4. The number of benzene rings is 1. The van der Waals surface area contributed by atoms with Crippen molar-refractivity contribution in [3.8, 4) is 11.5 Å². The monoisotopic (exact) mass is 338 g/mol. The summed E-state index contributed by atoms with van der Waals surface area (Å²) in [7, 11) is 0. The number of rotatable bonds is 3. The highest BCUT2D eigenvalue weighted by molar-refractivity contribution is 5.80. The summed E-state index contributed by atoms with van der Waals surface area (Å²) >= 11 is 0. The Morgan fingerprint density at radius 3 is 2.58 bits per heavy atom. The molecule has 1 aliphatic rings. The van der Waals surface area contributed by atoms with Crippen LogP contribution in [0.4, 0.5) is 0 Å². The Morgan fingerprint density at radius 2 is 1.88 bits per heavy atom. The van der Waals surface area contributed by atoms with E-state index in [1.165, 1.54) is 24.3 Å². The summed E-state index contributed by atoms with van der Waals surface area (Å²) in [6, 6.07) is 5.35. The highest BCUT2D eigenvalue weighted by atomic mass is 16.7. The Balaban J connectivity index is 1.89. The molecule has 0 aliphatic carbocycles. The standard InChI is InChI=1S/C16H18O8/c1-2-9-13(19)14(20)15(21)16(23-9)24-11-5-7-3-4-12(18)22-10(7)6-8(11)17/h3-6,9,13-17,19-21H,2H2,1H3/t9-,13-,14+,15-,16+/m1/s1. The fourth-order valence-electron chi connectivity index (χ4n) is 2.65. The summed E-state index contributed by atoms with van der Waals surface area (Å²) in [4.78, 5) is 11.2. The number of hydrogen-bond acceptors (Lipinski definition) is 8. The van der Waals surface area contributed by atoms with E-state index in [1.54, 1.807) is 6.92 Å². The fourth-order valence-corrected chi connectivity index (χ4v) is 2.65. The van der Waals surface area contributed by atoms with Crippen molar-refractivity contribution in [1.29, 1.82) is 0 Å². The van der Waals surface area contributed by atoms with Crippen LogP contribution in [0.3, 0.4) is 0 Å². The molecule has 1 aliphatic heterocycles. The minimum absolute atomic E-state index is 0.0150. The Hall–Kier alpha value is -2.13. The molecule has 0 radical (unpaired) electrons. The maximum absolute atomic E-state index is 11.2. The molecule has 0 amide bonds. The van der Waals surface area contributed by atoms with Crippen molar-refractivity contribution in [2.45, 2.75) is 44.1 Å². The second kappa shape index (κ2) is 6.40. The Labute approximate surface area is 136 Å². The van der Waals surface area contributed by atoms with Gasteiger partial charge in [-0.2, -0.15) is 0 Å². The van der Waals surface area contributed by atoms with Crippen molar-refractivity contribution in [2.24, 2.45) is 0 Å². The lowest BCUT2D eigenvalue weighted by Gasteiger charge is -2.40. The zero-order valence-corrected chi connectivity index (χ0v) is 12.8. The highest BCUT2D eigenvalue weighted by Crippen LogP contribution is 2.34. The third-order valence-corrected chi connectivity index (χ3v) is 4.01. The van der Waals surface area contributed by atoms with Crippen molar-refractivity contribution in [3.63, 3.8) is 0 Å². The van der Waals surface area contributed by atoms with Gasteiger partial charge in [0.2, 0.25) is 6.29 Å². The van der Waals surface area contributed by atoms with Gasteiger partial charge in [0.05, 0.1) is 6.10 Å². The van der Waals surface area contributed by atoms with Crippen LogP contribution in [0.5, 0.6) is 11.5 Å². The van der Waals surface area contributed by atoms with Crippen LogP contribution < -0.4 is 10.4 Å². The summed E-state index contributed by atoms with van der Waals surface area (Å²) in [5.41, 5.74) is -0.371. The lowest BCUT2D eigenvalue weighted by molar-refractivity contribution is -0.272. The van der Waals surface area contributed by atoms with E-state index >= 15 is 0 Å². The molecule has 1 saturated heterocycles. The summed E-state index contributed by atoms with van der Waals surface area (Å²) in [6.45, 7) is 1.75. The van der Waals surface area contributed by atoms with Crippen LogP contribution in [0.1, 0.15) is 13.3 Å². The molecule has 0 unspecified atom stereocenters. The highest BCUT2D eigenvalue weighted by Gasteiger charge is 2.44. The lowest BCUT2D eigenvalue weighted by atomic mass is 9.97. The van der Waals surface area contributed by atoms with Crippen LogP contribution in [-0.4, -0.2) is 51.1 Å². The number of fused-ring (bicyclic) bond motifs is 1. The molecule has 0 saturated carbocycles.